The summed E-state index contributed by atoms with van der Waals surface area (Å²) in [6.07, 6.45) is 21.6. The molecule has 0 aliphatic carbocycles. The molecule has 0 aromatic heterocycles. The summed E-state index contributed by atoms with van der Waals surface area (Å²) in [6, 6.07) is 7.80. The van der Waals surface area contributed by atoms with Crippen LogP contribution < -0.4 is 4.74 Å². The molecule has 0 bridgehead atoms. The smallest absolute Gasteiger partial charge is 0.311 e. The third kappa shape index (κ3) is 14.6. The number of ether oxygens (including phenoxy) is 1. The fourth-order valence-corrected chi connectivity index (χ4v) is 4.22. The molecule has 0 fully saturated rings. The Bertz CT molecular complexity index is 537. The first-order valence-electron chi connectivity index (χ1n) is 12.9. The lowest BCUT2D eigenvalue weighted by Gasteiger charge is -2.16. The van der Waals surface area contributed by atoms with Crippen molar-refractivity contribution in [1.29, 1.82) is 0 Å². The molecule has 0 N–H and O–H groups in total. The molecule has 0 saturated heterocycles. The van der Waals surface area contributed by atoms with Gasteiger partial charge in [0.05, 0.1) is 0 Å². The van der Waals surface area contributed by atoms with E-state index >= 15 is 0 Å². The van der Waals surface area contributed by atoms with E-state index in [4.69, 9.17) is 4.74 Å². The molecule has 1 unspecified atom stereocenters. The number of hydrogen-bond donors (Lipinski definition) is 0. The van der Waals surface area contributed by atoms with Crippen LogP contribution in [-0.4, -0.2) is 5.97 Å². The Morgan fingerprint density at radius 2 is 1.27 bits per heavy atom. The first-order chi connectivity index (χ1) is 14.7. The van der Waals surface area contributed by atoms with Gasteiger partial charge in [-0.2, -0.15) is 0 Å². The summed E-state index contributed by atoms with van der Waals surface area (Å²) < 4.78 is 5.63. The zero-order valence-electron chi connectivity index (χ0n) is 20.2. The van der Waals surface area contributed by atoms with Gasteiger partial charge in [-0.05, 0) is 43.4 Å². The quantitative estimate of drug-likeness (QED) is 0.128. The number of unbranched alkanes of at least 4 members (excludes halogenated alkanes) is 12. The Kier molecular flexibility index (Phi) is 16.4. The molecule has 172 valence electrons. The number of hydrogen-bond acceptors (Lipinski definition) is 2. The third-order valence-electron chi connectivity index (χ3n) is 6.11. The third-order valence-corrected chi connectivity index (χ3v) is 6.11. The summed E-state index contributed by atoms with van der Waals surface area (Å²) >= 11 is 0. The van der Waals surface area contributed by atoms with Crippen LogP contribution in [0.1, 0.15) is 129 Å². The van der Waals surface area contributed by atoms with Crippen LogP contribution in [0, 0.1) is 12.8 Å². The average molecular weight is 417 g/mol. The van der Waals surface area contributed by atoms with Crippen molar-refractivity contribution in [2.45, 2.75) is 130 Å². The van der Waals surface area contributed by atoms with Crippen molar-refractivity contribution in [2.24, 2.45) is 5.92 Å². The van der Waals surface area contributed by atoms with E-state index in [1.54, 1.807) is 0 Å². The molecule has 0 aliphatic rings. The largest absolute Gasteiger partial charge is 0.427 e. The molecule has 1 aromatic rings. The Morgan fingerprint density at radius 1 is 0.767 bits per heavy atom. The van der Waals surface area contributed by atoms with Crippen LogP contribution in [0.15, 0.2) is 24.3 Å². The number of benzene rings is 1. The van der Waals surface area contributed by atoms with E-state index in [1.807, 2.05) is 31.2 Å². The van der Waals surface area contributed by atoms with Crippen LogP contribution in [0.2, 0.25) is 0 Å². The normalized spacial score (nSPS) is 12.1. The average Bonchev–Trinajstić information content (AvgIpc) is 2.72. The van der Waals surface area contributed by atoms with E-state index in [0.29, 0.717) is 18.1 Å². The number of carbonyl (C=O) groups excluding carboxylic acids is 1. The maximum Gasteiger partial charge on any atom is 0.311 e. The second-order valence-electron chi connectivity index (χ2n) is 9.18. The molecule has 2 nitrogen and oxygen atoms in total. The Labute approximate surface area is 187 Å². The molecule has 0 heterocycles. The zero-order chi connectivity index (χ0) is 21.9. The fourth-order valence-electron chi connectivity index (χ4n) is 4.22. The zero-order valence-corrected chi connectivity index (χ0v) is 20.2. The first kappa shape index (κ1) is 26.7. The van der Waals surface area contributed by atoms with Crippen molar-refractivity contribution in [3.8, 4) is 5.75 Å². The summed E-state index contributed by atoms with van der Waals surface area (Å²) in [7, 11) is 0. The van der Waals surface area contributed by atoms with Crippen molar-refractivity contribution in [1.82, 2.24) is 0 Å². The molecular formula is C28H48O2. The van der Waals surface area contributed by atoms with Gasteiger partial charge in [-0.15, -0.1) is 0 Å². The highest BCUT2D eigenvalue weighted by molar-refractivity contribution is 5.72. The van der Waals surface area contributed by atoms with Crippen molar-refractivity contribution in [3.63, 3.8) is 0 Å². The van der Waals surface area contributed by atoms with Crippen molar-refractivity contribution >= 4 is 5.97 Å². The van der Waals surface area contributed by atoms with E-state index in [0.717, 1.165) is 5.56 Å². The molecule has 1 atom stereocenters. The highest BCUT2D eigenvalue weighted by Gasteiger charge is 2.15. The van der Waals surface area contributed by atoms with Gasteiger partial charge >= 0.3 is 5.97 Å². The molecule has 0 radical (unpaired) electrons. The predicted octanol–water partition coefficient (Wildman–Crippen LogP) is 9.19. The van der Waals surface area contributed by atoms with Gasteiger partial charge in [0.2, 0.25) is 0 Å². The highest BCUT2D eigenvalue weighted by atomic mass is 16.5. The minimum Gasteiger partial charge on any atom is -0.427 e. The second-order valence-corrected chi connectivity index (χ2v) is 9.18. The van der Waals surface area contributed by atoms with E-state index in [2.05, 4.69) is 13.8 Å². The molecule has 2 heteroatoms. The maximum absolute atomic E-state index is 12.5. The van der Waals surface area contributed by atoms with Gasteiger partial charge in [0.15, 0.2) is 0 Å². The van der Waals surface area contributed by atoms with Crippen molar-refractivity contribution in [3.05, 3.63) is 29.8 Å². The molecule has 30 heavy (non-hydrogen) atoms. The van der Waals surface area contributed by atoms with Gasteiger partial charge in [0.25, 0.3) is 0 Å². The van der Waals surface area contributed by atoms with Crippen LogP contribution in [-0.2, 0) is 4.79 Å². The number of esters is 1. The summed E-state index contributed by atoms with van der Waals surface area (Å²) in [5, 5.41) is 0. The lowest BCUT2D eigenvalue weighted by molar-refractivity contribution is -0.135. The lowest BCUT2D eigenvalue weighted by atomic mass is 9.91. The minimum absolute atomic E-state index is 0.0591. The fraction of sp³-hybridized carbons (Fsp3) is 0.750. The molecule has 1 aromatic carbocycles. The van der Waals surface area contributed by atoms with Crippen LogP contribution in [0.5, 0.6) is 5.75 Å². The second kappa shape index (κ2) is 18.5. The number of aryl methyl sites for hydroxylation is 1. The minimum atomic E-state index is -0.0591. The van der Waals surface area contributed by atoms with Gasteiger partial charge in [0.1, 0.15) is 5.75 Å². The van der Waals surface area contributed by atoms with Gasteiger partial charge in [0, 0.05) is 6.42 Å². The predicted molar refractivity (Wildman–Crippen MR) is 130 cm³/mol. The first-order valence-corrected chi connectivity index (χ1v) is 12.9. The SMILES string of the molecule is CCCCCCCCCCC(CCCCCCCC)CC(=O)Oc1cccc(C)c1. The summed E-state index contributed by atoms with van der Waals surface area (Å²) in [6.45, 7) is 6.56. The Morgan fingerprint density at radius 3 is 1.77 bits per heavy atom. The van der Waals surface area contributed by atoms with E-state index < -0.39 is 0 Å². The summed E-state index contributed by atoms with van der Waals surface area (Å²) in [5.74, 6) is 1.11. The van der Waals surface area contributed by atoms with E-state index in [9.17, 15) is 4.79 Å². The molecule has 0 saturated carbocycles. The van der Waals surface area contributed by atoms with Gasteiger partial charge in [-0.25, -0.2) is 0 Å². The lowest BCUT2D eigenvalue weighted by Crippen LogP contribution is -2.14. The van der Waals surface area contributed by atoms with Gasteiger partial charge < -0.3 is 4.74 Å². The molecular weight excluding hydrogens is 368 g/mol. The molecule has 0 spiro atoms. The molecule has 0 amide bonds. The van der Waals surface area contributed by atoms with E-state index in [1.165, 1.54) is 103 Å². The van der Waals surface area contributed by atoms with Gasteiger partial charge in [-0.3, -0.25) is 4.79 Å². The highest BCUT2D eigenvalue weighted by Crippen LogP contribution is 2.24. The van der Waals surface area contributed by atoms with Crippen LogP contribution >= 0.6 is 0 Å². The summed E-state index contributed by atoms with van der Waals surface area (Å²) in [4.78, 5) is 12.5. The topological polar surface area (TPSA) is 26.3 Å². The summed E-state index contributed by atoms with van der Waals surface area (Å²) in [5.41, 5.74) is 1.13. The Balaban J connectivity index is 2.34. The number of carbonyl (C=O) groups is 1. The van der Waals surface area contributed by atoms with Gasteiger partial charge in [-0.1, -0.05) is 116 Å². The van der Waals surface area contributed by atoms with E-state index in [-0.39, 0.29) is 5.97 Å². The Hall–Kier alpha value is -1.31. The number of rotatable bonds is 19. The van der Waals surface area contributed by atoms with Crippen molar-refractivity contribution < 1.29 is 9.53 Å². The van der Waals surface area contributed by atoms with Crippen LogP contribution in [0.3, 0.4) is 0 Å². The van der Waals surface area contributed by atoms with Crippen LogP contribution in [0.4, 0.5) is 0 Å². The monoisotopic (exact) mass is 416 g/mol. The van der Waals surface area contributed by atoms with Crippen LogP contribution in [0.25, 0.3) is 0 Å². The molecule has 1 rings (SSSR count). The standard InChI is InChI=1S/C28H48O2/c1-4-6-8-10-12-13-15-17-21-26(20-16-14-11-9-7-5-2)24-28(29)30-27-22-18-19-25(3)23-27/h18-19,22-23,26H,4-17,20-21,24H2,1-3H3. The van der Waals surface area contributed by atoms with Crippen molar-refractivity contribution in [2.75, 3.05) is 0 Å². The molecule has 0 aliphatic heterocycles. The maximum atomic E-state index is 12.5.